The van der Waals surface area contributed by atoms with Crippen LogP contribution in [0.4, 0.5) is 9.39 Å². The van der Waals surface area contributed by atoms with E-state index in [1.807, 2.05) is 32.0 Å². The number of thiophene rings is 1. The van der Waals surface area contributed by atoms with Crippen LogP contribution in [0.5, 0.6) is 5.75 Å². The summed E-state index contributed by atoms with van der Waals surface area (Å²) in [7, 11) is 0. The lowest BCUT2D eigenvalue weighted by atomic mass is 10.0. The first-order valence-electron chi connectivity index (χ1n) is 10.4. The van der Waals surface area contributed by atoms with Gasteiger partial charge < -0.3 is 14.8 Å². The molecular formula is C25H26FNO4S. The molecule has 1 N–H and O–H groups in total. The molecule has 2 aromatic carbocycles. The van der Waals surface area contributed by atoms with E-state index < -0.39 is 5.97 Å². The van der Waals surface area contributed by atoms with Gasteiger partial charge in [-0.1, -0.05) is 24.3 Å². The molecular weight excluding hydrogens is 429 g/mol. The normalized spacial score (nSPS) is 10.6. The molecule has 0 saturated carbocycles. The number of nitrogens with one attached hydrogen (secondary N) is 1. The molecule has 1 amide bonds. The maximum atomic E-state index is 13.3. The van der Waals surface area contributed by atoms with Gasteiger partial charge in [0.2, 0.25) is 5.91 Å². The zero-order chi connectivity index (χ0) is 23.1. The Labute approximate surface area is 191 Å². The van der Waals surface area contributed by atoms with Gasteiger partial charge in [0.15, 0.2) is 0 Å². The van der Waals surface area contributed by atoms with Crippen LogP contribution in [0.3, 0.4) is 0 Å². The van der Waals surface area contributed by atoms with Crippen LogP contribution in [0.25, 0.3) is 11.1 Å². The van der Waals surface area contributed by atoms with Gasteiger partial charge in [0, 0.05) is 17.4 Å². The molecule has 7 heteroatoms. The maximum Gasteiger partial charge on any atom is 0.341 e. The van der Waals surface area contributed by atoms with Gasteiger partial charge in [0.05, 0.1) is 13.2 Å². The van der Waals surface area contributed by atoms with Crippen LogP contribution in [0.1, 0.15) is 41.3 Å². The molecule has 0 radical (unpaired) electrons. The third-order valence-electron chi connectivity index (χ3n) is 4.83. The van der Waals surface area contributed by atoms with E-state index in [1.54, 1.807) is 24.4 Å². The summed E-state index contributed by atoms with van der Waals surface area (Å²) in [6.07, 6.45) is 0.779. The van der Waals surface area contributed by atoms with Gasteiger partial charge >= 0.3 is 5.97 Å². The van der Waals surface area contributed by atoms with E-state index in [9.17, 15) is 14.0 Å². The van der Waals surface area contributed by atoms with Crippen molar-refractivity contribution in [3.63, 3.8) is 0 Å². The van der Waals surface area contributed by atoms with Crippen molar-refractivity contribution in [3.05, 3.63) is 70.4 Å². The highest BCUT2D eigenvalue weighted by atomic mass is 32.1. The van der Waals surface area contributed by atoms with E-state index in [0.717, 1.165) is 16.9 Å². The van der Waals surface area contributed by atoms with Crippen molar-refractivity contribution in [2.45, 2.75) is 33.6 Å². The molecule has 0 aliphatic carbocycles. The fourth-order valence-corrected chi connectivity index (χ4v) is 4.14. The van der Waals surface area contributed by atoms with Gasteiger partial charge in [-0.05, 0) is 62.1 Å². The molecule has 1 heterocycles. The summed E-state index contributed by atoms with van der Waals surface area (Å²) < 4.78 is 24.3. The first kappa shape index (κ1) is 23.5. The van der Waals surface area contributed by atoms with E-state index in [1.165, 1.54) is 23.5 Å². The van der Waals surface area contributed by atoms with Gasteiger partial charge in [-0.3, -0.25) is 4.79 Å². The van der Waals surface area contributed by atoms with Gasteiger partial charge in [-0.2, -0.15) is 0 Å². The number of anilines is 1. The summed E-state index contributed by atoms with van der Waals surface area (Å²) in [4.78, 5) is 25.1. The van der Waals surface area contributed by atoms with Crippen molar-refractivity contribution >= 4 is 28.2 Å². The first-order valence-corrected chi connectivity index (χ1v) is 11.3. The van der Waals surface area contributed by atoms with Gasteiger partial charge in [0.1, 0.15) is 22.1 Å². The topological polar surface area (TPSA) is 64.6 Å². The Kier molecular flexibility index (Phi) is 8.00. The van der Waals surface area contributed by atoms with Crippen LogP contribution in [0.15, 0.2) is 47.8 Å². The Morgan fingerprint density at radius 3 is 2.56 bits per heavy atom. The molecule has 5 nitrogen and oxygen atoms in total. The average molecular weight is 456 g/mol. The second-order valence-corrected chi connectivity index (χ2v) is 8.23. The minimum absolute atomic E-state index is 0.209. The van der Waals surface area contributed by atoms with Gasteiger partial charge in [-0.15, -0.1) is 11.3 Å². The van der Waals surface area contributed by atoms with Crippen molar-refractivity contribution in [1.82, 2.24) is 0 Å². The summed E-state index contributed by atoms with van der Waals surface area (Å²) in [6.45, 7) is 6.32. The number of hydrogen-bond donors (Lipinski definition) is 1. The van der Waals surface area contributed by atoms with E-state index in [4.69, 9.17) is 9.47 Å². The molecule has 0 spiro atoms. The third-order valence-corrected chi connectivity index (χ3v) is 5.72. The Balaban J connectivity index is 1.65. The Bertz CT molecular complexity index is 1090. The smallest absolute Gasteiger partial charge is 0.341 e. The van der Waals surface area contributed by atoms with Crippen LogP contribution in [0, 0.1) is 19.7 Å². The quantitative estimate of drug-likeness (QED) is 0.311. The number of amides is 1. The highest BCUT2D eigenvalue weighted by molar-refractivity contribution is 7.15. The third kappa shape index (κ3) is 5.95. The van der Waals surface area contributed by atoms with Crippen molar-refractivity contribution in [2.75, 3.05) is 18.5 Å². The molecule has 3 aromatic rings. The van der Waals surface area contributed by atoms with E-state index >= 15 is 0 Å². The number of aryl methyl sites for hydroxylation is 2. The van der Waals surface area contributed by atoms with Crippen LogP contribution in [-0.4, -0.2) is 25.1 Å². The highest BCUT2D eigenvalue weighted by Crippen LogP contribution is 2.36. The molecule has 0 aliphatic rings. The zero-order valence-corrected chi connectivity index (χ0v) is 19.2. The zero-order valence-electron chi connectivity index (χ0n) is 18.4. The Morgan fingerprint density at radius 1 is 1.09 bits per heavy atom. The monoisotopic (exact) mass is 455 g/mol. The second-order valence-electron chi connectivity index (χ2n) is 7.35. The summed E-state index contributed by atoms with van der Waals surface area (Å²) in [6, 6.07) is 11.9. The summed E-state index contributed by atoms with van der Waals surface area (Å²) in [5, 5.41) is 5.00. The van der Waals surface area contributed by atoms with Gasteiger partial charge in [-0.25, -0.2) is 9.18 Å². The first-order chi connectivity index (χ1) is 15.4. The predicted molar refractivity (Wildman–Crippen MR) is 125 cm³/mol. The highest BCUT2D eigenvalue weighted by Gasteiger charge is 2.22. The van der Waals surface area contributed by atoms with Crippen molar-refractivity contribution in [2.24, 2.45) is 0 Å². The minimum atomic E-state index is -0.526. The number of carbonyl (C=O) groups is 2. The molecule has 0 fully saturated rings. The van der Waals surface area contributed by atoms with Crippen LogP contribution >= 0.6 is 11.3 Å². The van der Waals surface area contributed by atoms with Crippen molar-refractivity contribution in [1.29, 1.82) is 0 Å². The molecule has 32 heavy (non-hydrogen) atoms. The molecule has 168 valence electrons. The molecule has 0 aliphatic heterocycles. The maximum absolute atomic E-state index is 13.3. The van der Waals surface area contributed by atoms with E-state index in [-0.39, 0.29) is 30.3 Å². The standard InChI is InChI=1S/C25H26FNO4S/c1-4-30-25(29)23-20(18-9-11-19(26)12-10-18)15-32-24(23)27-22(28)6-5-13-31-21-14-16(2)7-8-17(21)3/h7-12,14-15H,4-6,13H2,1-3H3,(H,27,28). The molecule has 0 bridgehead atoms. The number of carbonyl (C=O) groups excluding carboxylic acids is 2. The SMILES string of the molecule is CCOC(=O)c1c(-c2ccc(F)cc2)csc1NC(=O)CCCOc1cc(C)ccc1C. The number of esters is 1. The van der Waals surface area contributed by atoms with Crippen LogP contribution in [0.2, 0.25) is 0 Å². The van der Waals surface area contributed by atoms with Crippen molar-refractivity contribution in [3.8, 4) is 16.9 Å². The Hall–Kier alpha value is -3.19. The largest absolute Gasteiger partial charge is 0.493 e. The molecule has 0 unspecified atom stereocenters. The lowest BCUT2D eigenvalue weighted by molar-refractivity contribution is -0.116. The minimum Gasteiger partial charge on any atom is -0.493 e. The average Bonchev–Trinajstić information content (AvgIpc) is 3.17. The summed E-state index contributed by atoms with van der Waals surface area (Å²) in [5.41, 5.74) is 3.72. The molecule has 3 rings (SSSR count). The number of hydrogen-bond acceptors (Lipinski definition) is 5. The fourth-order valence-electron chi connectivity index (χ4n) is 3.16. The van der Waals surface area contributed by atoms with Gasteiger partial charge in [0.25, 0.3) is 0 Å². The van der Waals surface area contributed by atoms with E-state index in [2.05, 4.69) is 5.32 Å². The second kappa shape index (κ2) is 10.9. The lowest BCUT2D eigenvalue weighted by Crippen LogP contribution is -2.15. The summed E-state index contributed by atoms with van der Waals surface area (Å²) in [5.74, 6) is -0.287. The molecule has 1 aromatic heterocycles. The molecule has 0 saturated heterocycles. The fraction of sp³-hybridized carbons (Fsp3) is 0.280. The summed E-state index contributed by atoms with van der Waals surface area (Å²) >= 11 is 1.24. The van der Waals surface area contributed by atoms with Crippen molar-refractivity contribution < 1.29 is 23.5 Å². The Morgan fingerprint density at radius 2 is 1.84 bits per heavy atom. The number of benzene rings is 2. The van der Waals surface area contributed by atoms with E-state index in [0.29, 0.717) is 29.2 Å². The lowest BCUT2D eigenvalue weighted by Gasteiger charge is -2.11. The van der Waals surface area contributed by atoms with Crippen LogP contribution < -0.4 is 10.1 Å². The van der Waals surface area contributed by atoms with Crippen LogP contribution in [-0.2, 0) is 9.53 Å². The number of halogens is 1. The predicted octanol–water partition coefficient (Wildman–Crippen LogP) is 6.15. The number of ether oxygens (including phenoxy) is 2. The number of rotatable bonds is 9. The molecule has 0 atom stereocenters.